The van der Waals surface area contributed by atoms with Crippen molar-refractivity contribution < 1.29 is 13.2 Å². The predicted molar refractivity (Wildman–Crippen MR) is 72.3 cm³/mol. The monoisotopic (exact) mass is 311 g/mol. The van der Waals surface area contributed by atoms with Crippen LogP contribution in [0.4, 0.5) is 19.0 Å². The zero-order chi connectivity index (χ0) is 15.0. The molecule has 3 heterocycles. The van der Waals surface area contributed by atoms with E-state index in [9.17, 15) is 13.2 Å². The van der Waals surface area contributed by atoms with Crippen molar-refractivity contribution in [2.75, 3.05) is 5.73 Å². The molecule has 0 unspecified atom stereocenters. The summed E-state index contributed by atoms with van der Waals surface area (Å²) in [5.41, 5.74) is 5.29. The van der Waals surface area contributed by atoms with Gasteiger partial charge in [-0.1, -0.05) is 6.07 Å². The number of pyridine rings is 1. The van der Waals surface area contributed by atoms with Gasteiger partial charge in [-0.25, -0.2) is 4.98 Å². The van der Waals surface area contributed by atoms with Crippen molar-refractivity contribution in [1.29, 1.82) is 0 Å². The summed E-state index contributed by atoms with van der Waals surface area (Å²) < 4.78 is 38.6. The first kappa shape index (κ1) is 13.6. The van der Waals surface area contributed by atoms with Gasteiger partial charge < -0.3 is 5.73 Å². The summed E-state index contributed by atoms with van der Waals surface area (Å²) in [6.07, 6.45) is -1.87. The maximum atomic E-state index is 12.9. The van der Waals surface area contributed by atoms with Crippen molar-refractivity contribution in [3.05, 3.63) is 36.3 Å². The molecule has 3 N–H and O–H groups in total. The minimum absolute atomic E-state index is 0.124. The van der Waals surface area contributed by atoms with Crippen LogP contribution in [-0.4, -0.2) is 20.2 Å². The van der Waals surface area contributed by atoms with Gasteiger partial charge in [-0.05, 0) is 12.1 Å². The lowest BCUT2D eigenvalue weighted by atomic mass is 10.2. The lowest BCUT2D eigenvalue weighted by Crippen LogP contribution is -2.07. The van der Waals surface area contributed by atoms with Crippen LogP contribution in [0.25, 0.3) is 21.1 Å². The van der Waals surface area contributed by atoms with Crippen molar-refractivity contribution in [1.82, 2.24) is 20.2 Å². The van der Waals surface area contributed by atoms with E-state index in [2.05, 4.69) is 15.1 Å². The Morgan fingerprint density at radius 3 is 2.71 bits per heavy atom. The van der Waals surface area contributed by atoms with E-state index in [1.165, 1.54) is 0 Å². The van der Waals surface area contributed by atoms with Crippen LogP contribution in [0.5, 0.6) is 0 Å². The maximum Gasteiger partial charge on any atom is 0.433 e. The molecule has 0 spiro atoms. The third kappa shape index (κ3) is 2.47. The van der Waals surface area contributed by atoms with Gasteiger partial charge in [0.25, 0.3) is 0 Å². The maximum absolute atomic E-state index is 12.9. The third-order valence-corrected chi connectivity index (χ3v) is 3.83. The number of aromatic amines is 1. The highest BCUT2D eigenvalue weighted by Crippen LogP contribution is 2.40. The van der Waals surface area contributed by atoms with Gasteiger partial charge in [0.05, 0.1) is 22.3 Å². The first-order chi connectivity index (χ1) is 9.97. The average Bonchev–Trinajstić information content (AvgIpc) is 3.05. The molecule has 0 atom stereocenters. The smallest absolute Gasteiger partial charge is 0.382 e. The molecule has 21 heavy (non-hydrogen) atoms. The summed E-state index contributed by atoms with van der Waals surface area (Å²) in [7, 11) is 0. The molecule has 0 aliphatic rings. The Morgan fingerprint density at radius 2 is 2.05 bits per heavy atom. The Labute approximate surface area is 120 Å². The van der Waals surface area contributed by atoms with Crippen LogP contribution in [0.15, 0.2) is 30.6 Å². The number of hydrogen-bond donors (Lipinski definition) is 2. The summed E-state index contributed by atoms with van der Waals surface area (Å²) in [6, 6.07) is 5.22. The molecule has 3 aromatic heterocycles. The highest BCUT2D eigenvalue weighted by molar-refractivity contribution is 7.19. The number of nitrogen functional groups attached to an aromatic ring is 1. The van der Waals surface area contributed by atoms with E-state index in [0.29, 0.717) is 10.6 Å². The Balaban J connectivity index is 2.09. The van der Waals surface area contributed by atoms with Crippen LogP contribution >= 0.6 is 11.3 Å². The van der Waals surface area contributed by atoms with E-state index < -0.39 is 11.9 Å². The number of hydrogen-bond acceptors (Lipinski definition) is 5. The van der Waals surface area contributed by atoms with Gasteiger partial charge in [-0.2, -0.15) is 18.3 Å². The van der Waals surface area contributed by atoms with Gasteiger partial charge in [0.2, 0.25) is 0 Å². The number of rotatable bonds is 2. The number of nitrogens with two attached hydrogens (primary N) is 1. The zero-order valence-corrected chi connectivity index (χ0v) is 11.2. The summed E-state index contributed by atoms with van der Waals surface area (Å²) in [4.78, 5) is 8.65. The molecule has 0 saturated carbocycles. The van der Waals surface area contributed by atoms with Gasteiger partial charge in [0.1, 0.15) is 16.5 Å². The number of anilines is 1. The molecule has 0 saturated heterocycles. The molecule has 0 bridgehead atoms. The lowest BCUT2D eigenvalue weighted by Gasteiger charge is -2.04. The fourth-order valence-electron chi connectivity index (χ4n) is 1.79. The molecule has 3 aromatic rings. The number of H-pyrrole nitrogens is 1. The minimum Gasteiger partial charge on any atom is -0.382 e. The van der Waals surface area contributed by atoms with E-state index in [0.717, 1.165) is 17.5 Å². The van der Waals surface area contributed by atoms with Crippen molar-refractivity contribution in [3.63, 3.8) is 0 Å². The number of nitrogens with one attached hydrogen (secondary N) is 1. The lowest BCUT2D eigenvalue weighted by molar-refractivity contribution is -0.140. The Hall–Kier alpha value is -2.42. The topological polar surface area (TPSA) is 80.5 Å². The molecule has 0 aliphatic heterocycles. The van der Waals surface area contributed by atoms with E-state index in [1.807, 2.05) is 5.10 Å². The molecular formula is C12H8F3N5S. The van der Waals surface area contributed by atoms with Crippen LogP contribution in [0.2, 0.25) is 0 Å². The second-order valence-corrected chi connectivity index (χ2v) is 5.10. The first-order valence-corrected chi connectivity index (χ1v) is 6.57. The number of thiazole rings is 1. The van der Waals surface area contributed by atoms with E-state index >= 15 is 0 Å². The summed E-state index contributed by atoms with van der Waals surface area (Å²) in [5, 5.41) is 5.54. The second kappa shape index (κ2) is 4.85. The fraction of sp³-hybridized carbons (Fsp3) is 0.0833. The first-order valence-electron chi connectivity index (χ1n) is 5.75. The number of halogens is 3. The number of nitrogens with zero attached hydrogens (tertiary/aromatic N) is 3. The van der Waals surface area contributed by atoms with Crippen LogP contribution < -0.4 is 5.73 Å². The summed E-state index contributed by atoms with van der Waals surface area (Å²) in [6.45, 7) is 0. The minimum atomic E-state index is -4.53. The van der Waals surface area contributed by atoms with Gasteiger partial charge >= 0.3 is 6.18 Å². The molecule has 0 amide bonds. The summed E-state index contributed by atoms with van der Waals surface area (Å²) >= 11 is 1.04. The molecule has 0 aromatic carbocycles. The predicted octanol–water partition coefficient (Wildman–Crippen LogP) is 3.20. The largest absolute Gasteiger partial charge is 0.433 e. The second-order valence-electron chi connectivity index (χ2n) is 4.10. The molecule has 5 nitrogen and oxygen atoms in total. The normalized spacial score (nSPS) is 11.8. The standard InChI is InChI=1S/C12H8F3N5S/c13-12(14,15)9-6(5-18-20-9)11-19-10(16)8(21-11)7-3-1-2-4-17-7/h1-5H,16H2,(H,18,20). The summed E-state index contributed by atoms with van der Waals surface area (Å²) in [5.74, 6) is 0.142. The van der Waals surface area contributed by atoms with Gasteiger partial charge in [0.15, 0.2) is 0 Å². The Bertz CT molecular complexity index is 763. The van der Waals surface area contributed by atoms with E-state index in [1.54, 1.807) is 24.4 Å². The molecular weight excluding hydrogens is 303 g/mol. The van der Waals surface area contributed by atoms with Crippen LogP contribution in [0.3, 0.4) is 0 Å². The van der Waals surface area contributed by atoms with Gasteiger partial charge in [-0.3, -0.25) is 10.1 Å². The van der Waals surface area contributed by atoms with Gasteiger partial charge in [-0.15, -0.1) is 11.3 Å². The average molecular weight is 311 g/mol. The number of alkyl halides is 3. The van der Waals surface area contributed by atoms with Crippen LogP contribution in [-0.2, 0) is 6.18 Å². The van der Waals surface area contributed by atoms with E-state index in [4.69, 9.17) is 5.73 Å². The van der Waals surface area contributed by atoms with Crippen LogP contribution in [0.1, 0.15) is 5.69 Å². The quantitative estimate of drug-likeness (QED) is 0.761. The van der Waals surface area contributed by atoms with E-state index in [-0.39, 0.29) is 16.4 Å². The van der Waals surface area contributed by atoms with Crippen LogP contribution in [0, 0.1) is 0 Å². The Kier molecular flexibility index (Phi) is 3.13. The molecule has 3 rings (SSSR count). The van der Waals surface area contributed by atoms with Crippen molar-refractivity contribution in [3.8, 4) is 21.1 Å². The highest BCUT2D eigenvalue weighted by atomic mass is 32.1. The molecule has 108 valence electrons. The zero-order valence-electron chi connectivity index (χ0n) is 10.3. The molecule has 0 radical (unpaired) electrons. The van der Waals surface area contributed by atoms with Gasteiger partial charge in [0, 0.05) is 6.20 Å². The fourth-order valence-corrected chi connectivity index (χ4v) is 2.77. The molecule has 0 fully saturated rings. The highest BCUT2D eigenvalue weighted by Gasteiger charge is 2.37. The van der Waals surface area contributed by atoms with Crippen molar-refractivity contribution in [2.45, 2.75) is 6.18 Å². The Morgan fingerprint density at radius 1 is 1.24 bits per heavy atom. The van der Waals surface area contributed by atoms with Crippen molar-refractivity contribution in [2.24, 2.45) is 0 Å². The molecule has 0 aliphatic carbocycles. The SMILES string of the molecule is Nc1nc(-c2cn[nH]c2C(F)(F)F)sc1-c1ccccn1. The number of aromatic nitrogens is 4. The molecule has 9 heteroatoms. The third-order valence-electron chi connectivity index (χ3n) is 2.70. The van der Waals surface area contributed by atoms with Crippen molar-refractivity contribution >= 4 is 17.2 Å².